The number of amides is 1. The monoisotopic (exact) mass is 432 g/mol. The molecule has 0 aliphatic carbocycles. The quantitative estimate of drug-likeness (QED) is 0.693. The van der Waals surface area contributed by atoms with E-state index in [1.807, 2.05) is 29.2 Å². The maximum Gasteiger partial charge on any atom is 0.240 e. The zero-order chi connectivity index (χ0) is 21.6. The summed E-state index contributed by atoms with van der Waals surface area (Å²) >= 11 is 0. The van der Waals surface area contributed by atoms with Crippen molar-refractivity contribution >= 4 is 15.9 Å². The average Bonchev–Trinajstić information content (AvgIpc) is 2.78. The van der Waals surface area contributed by atoms with Gasteiger partial charge in [-0.1, -0.05) is 12.1 Å². The van der Waals surface area contributed by atoms with Gasteiger partial charge in [0.15, 0.2) is 0 Å². The van der Waals surface area contributed by atoms with E-state index in [1.165, 1.54) is 19.2 Å². The molecule has 0 spiro atoms. The molecule has 2 aromatic carbocycles. The van der Waals surface area contributed by atoms with Crippen LogP contribution >= 0.6 is 0 Å². The van der Waals surface area contributed by atoms with Crippen molar-refractivity contribution in [2.45, 2.75) is 24.2 Å². The van der Waals surface area contributed by atoms with Crippen LogP contribution < -0.4 is 14.2 Å². The molecule has 0 aromatic heterocycles. The Morgan fingerprint density at radius 3 is 2.23 bits per heavy atom. The van der Waals surface area contributed by atoms with Gasteiger partial charge in [0.2, 0.25) is 15.9 Å². The first-order valence-electron chi connectivity index (χ1n) is 9.95. The van der Waals surface area contributed by atoms with Gasteiger partial charge in [-0.25, -0.2) is 13.1 Å². The van der Waals surface area contributed by atoms with E-state index in [4.69, 9.17) is 9.47 Å². The highest BCUT2D eigenvalue weighted by Crippen LogP contribution is 2.20. The first kappa shape index (κ1) is 22.1. The lowest BCUT2D eigenvalue weighted by molar-refractivity contribution is -0.132. The molecular weight excluding hydrogens is 404 g/mol. The van der Waals surface area contributed by atoms with E-state index in [2.05, 4.69) is 4.72 Å². The number of rotatable bonds is 8. The van der Waals surface area contributed by atoms with Crippen LogP contribution in [0.15, 0.2) is 53.4 Å². The fourth-order valence-electron chi connectivity index (χ4n) is 3.55. The van der Waals surface area contributed by atoms with Crippen LogP contribution in [0.2, 0.25) is 0 Å². The summed E-state index contributed by atoms with van der Waals surface area (Å²) in [5.41, 5.74) is 0.933. The number of likely N-dealkylation sites (tertiary alicyclic amines) is 1. The Bertz CT molecular complexity index is 942. The third-order valence-electron chi connectivity index (χ3n) is 5.32. The molecule has 7 nitrogen and oxygen atoms in total. The van der Waals surface area contributed by atoms with Gasteiger partial charge in [0.1, 0.15) is 11.5 Å². The molecule has 0 radical (unpaired) electrons. The van der Waals surface area contributed by atoms with Gasteiger partial charge < -0.3 is 14.4 Å². The van der Waals surface area contributed by atoms with Gasteiger partial charge in [0.25, 0.3) is 0 Å². The maximum absolute atomic E-state index is 12.7. The lowest BCUT2D eigenvalue weighted by Gasteiger charge is -2.33. The topological polar surface area (TPSA) is 84.9 Å². The third-order valence-corrected chi connectivity index (χ3v) is 6.76. The number of sulfonamides is 1. The second kappa shape index (κ2) is 9.95. The van der Waals surface area contributed by atoms with Gasteiger partial charge in [0, 0.05) is 19.6 Å². The predicted molar refractivity (Wildman–Crippen MR) is 114 cm³/mol. The van der Waals surface area contributed by atoms with Crippen molar-refractivity contribution in [2.75, 3.05) is 33.9 Å². The zero-order valence-corrected chi connectivity index (χ0v) is 18.2. The number of ether oxygens (including phenoxy) is 2. The summed E-state index contributed by atoms with van der Waals surface area (Å²) in [6.07, 6.45) is 2.08. The molecule has 0 unspecified atom stereocenters. The Kier molecular flexibility index (Phi) is 7.33. The normalized spacial score (nSPS) is 16.9. The standard InChI is InChI=1S/C22H28N2O5S/c1-28-19-7-5-17(6-8-19)14-22(25)24-13-3-4-18(16-24)15-23-30(26,27)21-11-9-20(29-2)10-12-21/h5-12,18,23H,3-4,13-16H2,1-2H3/t18-/m1/s1. The number of methoxy groups -OCH3 is 2. The molecule has 0 saturated carbocycles. The molecule has 1 N–H and O–H groups in total. The van der Waals surface area contributed by atoms with Crippen LogP contribution in [0.25, 0.3) is 0 Å². The maximum atomic E-state index is 12.7. The number of hydrogen-bond donors (Lipinski definition) is 1. The van der Waals surface area contributed by atoms with Gasteiger partial charge in [-0.2, -0.15) is 0 Å². The van der Waals surface area contributed by atoms with Crippen LogP contribution in [-0.2, 0) is 21.2 Å². The molecule has 30 heavy (non-hydrogen) atoms. The number of benzene rings is 2. The average molecular weight is 433 g/mol. The van der Waals surface area contributed by atoms with Crippen molar-refractivity contribution in [1.82, 2.24) is 9.62 Å². The molecule has 1 amide bonds. The van der Waals surface area contributed by atoms with Crippen molar-refractivity contribution in [3.63, 3.8) is 0 Å². The SMILES string of the molecule is COc1ccc(CC(=O)N2CCC[C@H](CNS(=O)(=O)c3ccc(OC)cc3)C2)cc1. The van der Waals surface area contributed by atoms with E-state index in [0.29, 0.717) is 31.8 Å². The fraction of sp³-hybridized carbons (Fsp3) is 0.409. The molecule has 1 heterocycles. The minimum absolute atomic E-state index is 0.0582. The van der Waals surface area contributed by atoms with E-state index in [9.17, 15) is 13.2 Å². The molecule has 1 aliphatic heterocycles. The molecule has 1 atom stereocenters. The Morgan fingerprint density at radius 1 is 1.03 bits per heavy atom. The van der Waals surface area contributed by atoms with Crippen LogP contribution in [0, 0.1) is 5.92 Å². The second-order valence-corrected chi connectivity index (χ2v) is 9.17. The molecule has 2 aromatic rings. The van der Waals surface area contributed by atoms with E-state index in [0.717, 1.165) is 24.2 Å². The fourth-order valence-corrected chi connectivity index (χ4v) is 4.67. The number of carbonyl (C=O) groups excluding carboxylic acids is 1. The molecule has 162 valence electrons. The minimum atomic E-state index is -3.60. The van der Waals surface area contributed by atoms with Gasteiger partial charge >= 0.3 is 0 Å². The first-order valence-corrected chi connectivity index (χ1v) is 11.4. The van der Waals surface area contributed by atoms with Gasteiger partial charge in [-0.3, -0.25) is 4.79 Å². The molecule has 1 fully saturated rings. The predicted octanol–water partition coefficient (Wildman–Crippen LogP) is 2.46. The van der Waals surface area contributed by atoms with Crippen LogP contribution in [0.1, 0.15) is 18.4 Å². The minimum Gasteiger partial charge on any atom is -0.497 e. The summed E-state index contributed by atoms with van der Waals surface area (Å²) in [6, 6.07) is 13.7. The third kappa shape index (κ3) is 5.73. The lowest BCUT2D eigenvalue weighted by Crippen LogP contribution is -2.44. The van der Waals surface area contributed by atoms with Crippen molar-refractivity contribution < 1.29 is 22.7 Å². The summed E-state index contributed by atoms with van der Waals surface area (Å²) in [7, 11) is -0.456. The van der Waals surface area contributed by atoms with Crippen LogP contribution in [0.5, 0.6) is 11.5 Å². The number of nitrogens with zero attached hydrogens (tertiary/aromatic N) is 1. The molecule has 1 aliphatic rings. The van der Waals surface area contributed by atoms with Crippen molar-refractivity contribution in [3.8, 4) is 11.5 Å². The highest BCUT2D eigenvalue weighted by atomic mass is 32.2. The highest BCUT2D eigenvalue weighted by molar-refractivity contribution is 7.89. The van der Waals surface area contributed by atoms with Crippen LogP contribution in [0.3, 0.4) is 0 Å². The van der Waals surface area contributed by atoms with Crippen molar-refractivity contribution in [2.24, 2.45) is 5.92 Å². The Labute approximate surface area is 178 Å². The molecule has 3 rings (SSSR count). The number of carbonyl (C=O) groups is 1. The number of hydrogen-bond acceptors (Lipinski definition) is 5. The summed E-state index contributed by atoms with van der Waals surface area (Å²) < 4.78 is 38.0. The van der Waals surface area contributed by atoms with Crippen LogP contribution in [-0.4, -0.2) is 53.1 Å². The molecule has 1 saturated heterocycles. The van der Waals surface area contributed by atoms with Gasteiger partial charge in [-0.15, -0.1) is 0 Å². The first-order chi connectivity index (χ1) is 14.4. The largest absolute Gasteiger partial charge is 0.497 e. The molecular formula is C22H28N2O5S. The van der Waals surface area contributed by atoms with Crippen molar-refractivity contribution in [1.29, 1.82) is 0 Å². The van der Waals surface area contributed by atoms with Crippen molar-refractivity contribution in [3.05, 3.63) is 54.1 Å². The van der Waals surface area contributed by atoms with E-state index < -0.39 is 10.0 Å². The lowest BCUT2D eigenvalue weighted by atomic mass is 9.97. The second-order valence-electron chi connectivity index (χ2n) is 7.40. The number of piperidine rings is 1. The van der Waals surface area contributed by atoms with E-state index >= 15 is 0 Å². The number of nitrogens with one attached hydrogen (secondary N) is 1. The highest BCUT2D eigenvalue weighted by Gasteiger charge is 2.25. The van der Waals surface area contributed by atoms with E-state index in [1.54, 1.807) is 19.2 Å². The van der Waals surface area contributed by atoms with Gasteiger partial charge in [-0.05, 0) is 60.7 Å². The Morgan fingerprint density at radius 2 is 1.63 bits per heavy atom. The summed E-state index contributed by atoms with van der Waals surface area (Å²) in [5, 5.41) is 0. The Hall–Kier alpha value is -2.58. The smallest absolute Gasteiger partial charge is 0.240 e. The summed E-state index contributed by atoms with van der Waals surface area (Å²) in [4.78, 5) is 14.7. The molecule has 0 bridgehead atoms. The molecule has 8 heteroatoms. The van der Waals surface area contributed by atoms with Crippen LogP contribution in [0.4, 0.5) is 0 Å². The Balaban J connectivity index is 1.54. The zero-order valence-electron chi connectivity index (χ0n) is 17.3. The summed E-state index contributed by atoms with van der Waals surface area (Å²) in [5.74, 6) is 1.51. The van der Waals surface area contributed by atoms with Gasteiger partial charge in [0.05, 0.1) is 25.5 Å². The van der Waals surface area contributed by atoms with E-state index in [-0.39, 0.29) is 16.7 Å². The summed E-state index contributed by atoms with van der Waals surface area (Å²) in [6.45, 7) is 1.57.